The fraction of sp³-hybridized carbons (Fsp3) is 0.400. The third-order valence-corrected chi connectivity index (χ3v) is 3.81. The molecule has 1 aromatic rings. The highest BCUT2D eigenvalue weighted by molar-refractivity contribution is 7.85. The summed E-state index contributed by atoms with van der Waals surface area (Å²) >= 11 is 5.91. The molecule has 0 bridgehead atoms. The first kappa shape index (κ1) is 11.7. The molecule has 0 heterocycles. The van der Waals surface area contributed by atoms with E-state index in [4.69, 9.17) is 17.3 Å². The topological polar surface area (TPSA) is 43.1 Å². The average molecular weight is 232 g/mol. The van der Waals surface area contributed by atoms with E-state index in [0.717, 1.165) is 17.7 Å². The summed E-state index contributed by atoms with van der Waals surface area (Å²) in [6, 6.07) is 7.25. The Morgan fingerprint density at radius 3 is 2.64 bits per heavy atom. The van der Waals surface area contributed by atoms with Gasteiger partial charge in [-0.3, -0.25) is 4.21 Å². The lowest BCUT2D eigenvalue weighted by Gasteiger charge is -2.03. The van der Waals surface area contributed by atoms with Gasteiger partial charge in [-0.15, -0.1) is 0 Å². The summed E-state index contributed by atoms with van der Waals surface area (Å²) in [5.41, 5.74) is 5.36. The maximum absolute atomic E-state index is 11.7. The number of benzene rings is 1. The lowest BCUT2D eigenvalue weighted by molar-refractivity contribution is 0.678. The summed E-state index contributed by atoms with van der Waals surface area (Å²) in [5.74, 6) is 0.640. The Labute approximate surface area is 91.9 Å². The van der Waals surface area contributed by atoms with Crippen LogP contribution in [-0.2, 0) is 10.8 Å². The normalized spacial score (nSPS) is 12.7. The zero-order chi connectivity index (χ0) is 10.4. The zero-order valence-corrected chi connectivity index (χ0v) is 9.48. The van der Waals surface area contributed by atoms with E-state index in [0.29, 0.717) is 17.3 Å². The van der Waals surface area contributed by atoms with E-state index in [1.807, 2.05) is 12.1 Å². The van der Waals surface area contributed by atoms with E-state index < -0.39 is 10.8 Å². The summed E-state index contributed by atoms with van der Waals surface area (Å²) in [5, 5.41) is 0.582. The summed E-state index contributed by atoms with van der Waals surface area (Å²) in [4.78, 5) is 0.728. The quantitative estimate of drug-likeness (QED) is 0.790. The summed E-state index contributed by atoms with van der Waals surface area (Å²) in [7, 11) is -0.984. The molecular formula is C10H14ClNOS. The van der Waals surface area contributed by atoms with Crippen LogP contribution in [-0.4, -0.2) is 16.5 Å². The van der Waals surface area contributed by atoms with Gasteiger partial charge in [0.25, 0.3) is 0 Å². The SMILES string of the molecule is NCCCCS(=O)c1ccccc1Cl. The van der Waals surface area contributed by atoms with Crippen molar-refractivity contribution < 1.29 is 4.21 Å². The fourth-order valence-electron chi connectivity index (χ4n) is 1.12. The molecule has 0 aliphatic rings. The molecule has 0 aliphatic carbocycles. The molecule has 78 valence electrons. The predicted octanol–water partition coefficient (Wildman–Crippen LogP) is 2.19. The number of hydrogen-bond donors (Lipinski definition) is 1. The van der Waals surface area contributed by atoms with E-state index in [1.54, 1.807) is 12.1 Å². The van der Waals surface area contributed by atoms with Gasteiger partial charge < -0.3 is 5.73 Å². The molecule has 2 N–H and O–H groups in total. The van der Waals surface area contributed by atoms with Gasteiger partial charge in [-0.05, 0) is 31.5 Å². The Bertz CT molecular complexity index is 317. The number of hydrogen-bond acceptors (Lipinski definition) is 2. The van der Waals surface area contributed by atoms with Gasteiger partial charge in [0, 0.05) is 5.75 Å². The standard InChI is InChI=1S/C10H14ClNOS/c11-9-5-1-2-6-10(9)14(13)8-4-3-7-12/h1-2,5-6H,3-4,7-8,12H2. The molecule has 0 saturated carbocycles. The van der Waals surface area contributed by atoms with Gasteiger partial charge in [-0.2, -0.15) is 0 Å². The van der Waals surface area contributed by atoms with Crippen LogP contribution in [0.25, 0.3) is 0 Å². The first-order valence-electron chi connectivity index (χ1n) is 4.58. The van der Waals surface area contributed by atoms with E-state index in [2.05, 4.69) is 0 Å². The highest BCUT2D eigenvalue weighted by Gasteiger charge is 2.06. The van der Waals surface area contributed by atoms with Crippen molar-refractivity contribution in [2.75, 3.05) is 12.3 Å². The number of unbranched alkanes of at least 4 members (excludes halogenated alkanes) is 1. The van der Waals surface area contributed by atoms with Crippen LogP contribution in [0.3, 0.4) is 0 Å². The fourth-order valence-corrected chi connectivity index (χ4v) is 2.71. The summed E-state index contributed by atoms with van der Waals surface area (Å²) in [6.45, 7) is 0.653. The second kappa shape index (κ2) is 6.17. The zero-order valence-electron chi connectivity index (χ0n) is 7.91. The van der Waals surface area contributed by atoms with Crippen molar-refractivity contribution in [1.29, 1.82) is 0 Å². The van der Waals surface area contributed by atoms with E-state index in [-0.39, 0.29) is 0 Å². The van der Waals surface area contributed by atoms with Gasteiger partial charge in [0.1, 0.15) is 0 Å². The van der Waals surface area contributed by atoms with Gasteiger partial charge in [-0.1, -0.05) is 23.7 Å². The van der Waals surface area contributed by atoms with Crippen molar-refractivity contribution in [3.05, 3.63) is 29.3 Å². The summed E-state index contributed by atoms with van der Waals surface area (Å²) < 4.78 is 11.7. The highest BCUT2D eigenvalue weighted by Crippen LogP contribution is 2.19. The molecule has 0 saturated heterocycles. The van der Waals surface area contributed by atoms with E-state index >= 15 is 0 Å². The van der Waals surface area contributed by atoms with Crippen molar-refractivity contribution in [3.63, 3.8) is 0 Å². The van der Waals surface area contributed by atoms with Crippen molar-refractivity contribution >= 4 is 22.4 Å². The maximum Gasteiger partial charge on any atom is 0.0574 e. The average Bonchev–Trinajstić information content (AvgIpc) is 2.18. The van der Waals surface area contributed by atoms with Crippen molar-refractivity contribution in [1.82, 2.24) is 0 Å². The van der Waals surface area contributed by atoms with Gasteiger partial charge >= 0.3 is 0 Å². The Morgan fingerprint density at radius 1 is 1.29 bits per heavy atom. The molecule has 0 fully saturated rings. The molecule has 1 unspecified atom stereocenters. The van der Waals surface area contributed by atoms with Gasteiger partial charge in [0.2, 0.25) is 0 Å². The molecule has 2 nitrogen and oxygen atoms in total. The Morgan fingerprint density at radius 2 is 2.00 bits per heavy atom. The molecule has 0 spiro atoms. The third-order valence-electron chi connectivity index (χ3n) is 1.87. The minimum Gasteiger partial charge on any atom is -0.330 e. The Hall–Kier alpha value is -0.380. The van der Waals surface area contributed by atoms with Crippen LogP contribution >= 0.6 is 11.6 Å². The minimum atomic E-state index is -0.984. The lowest BCUT2D eigenvalue weighted by atomic mass is 10.3. The van der Waals surface area contributed by atoms with Crippen LogP contribution in [0.1, 0.15) is 12.8 Å². The molecule has 1 rings (SSSR count). The number of rotatable bonds is 5. The second-order valence-electron chi connectivity index (χ2n) is 2.98. The van der Waals surface area contributed by atoms with Gasteiger partial charge in [-0.25, -0.2) is 0 Å². The molecule has 4 heteroatoms. The maximum atomic E-state index is 11.7. The van der Waals surface area contributed by atoms with Crippen LogP contribution in [0.5, 0.6) is 0 Å². The van der Waals surface area contributed by atoms with Crippen LogP contribution < -0.4 is 5.73 Å². The Kier molecular flexibility index (Phi) is 5.15. The van der Waals surface area contributed by atoms with Crippen molar-refractivity contribution in [2.24, 2.45) is 5.73 Å². The van der Waals surface area contributed by atoms with Crippen molar-refractivity contribution in [2.45, 2.75) is 17.7 Å². The minimum absolute atomic E-state index is 0.582. The number of halogens is 1. The van der Waals surface area contributed by atoms with Crippen LogP contribution in [0.2, 0.25) is 5.02 Å². The Balaban J connectivity index is 2.56. The molecule has 0 amide bonds. The molecule has 1 atom stereocenters. The van der Waals surface area contributed by atoms with Crippen LogP contribution in [0.4, 0.5) is 0 Å². The number of nitrogens with two attached hydrogens (primary N) is 1. The van der Waals surface area contributed by atoms with Gasteiger partial charge in [0.05, 0.1) is 20.7 Å². The molecule has 1 aromatic carbocycles. The smallest absolute Gasteiger partial charge is 0.0574 e. The third kappa shape index (κ3) is 3.40. The van der Waals surface area contributed by atoms with E-state index in [1.165, 1.54) is 0 Å². The summed E-state index contributed by atoms with van der Waals surface area (Å²) in [6.07, 6.45) is 1.80. The molecule has 14 heavy (non-hydrogen) atoms. The second-order valence-corrected chi connectivity index (χ2v) is 4.92. The monoisotopic (exact) mass is 231 g/mol. The molecule has 0 radical (unpaired) electrons. The molecule has 0 aromatic heterocycles. The van der Waals surface area contributed by atoms with Gasteiger partial charge in [0.15, 0.2) is 0 Å². The lowest BCUT2D eigenvalue weighted by Crippen LogP contribution is -2.03. The van der Waals surface area contributed by atoms with Crippen LogP contribution in [0, 0.1) is 0 Å². The molecule has 0 aliphatic heterocycles. The van der Waals surface area contributed by atoms with Crippen LogP contribution in [0.15, 0.2) is 29.2 Å². The largest absolute Gasteiger partial charge is 0.330 e. The first-order valence-corrected chi connectivity index (χ1v) is 6.28. The van der Waals surface area contributed by atoms with Crippen molar-refractivity contribution in [3.8, 4) is 0 Å². The van der Waals surface area contributed by atoms with E-state index in [9.17, 15) is 4.21 Å². The molecular weight excluding hydrogens is 218 g/mol. The highest BCUT2D eigenvalue weighted by atomic mass is 35.5. The predicted molar refractivity (Wildman–Crippen MR) is 61.0 cm³/mol. The first-order chi connectivity index (χ1) is 6.75.